The molecule has 0 aromatic carbocycles. The number of hydrogen-bond donors (Lipinski definition) is 1. The summed E-state index contributed by atoms with van der Waals surface area (Å²) in [6.45, 7) is 2.37. The molecule has 0 atom stereocenters. The summed E-state index contributed by atoms with van der Waals surface area (Å²) in [5, 5.41) is 6.88. The zero-order chi connectivity index (χ0) is 17.1. The molecule has 1 aliphatic carbocycles. The summed E-state index contributed by atoms with van der Waals surface area (Å²) in [6, 6.07) is 1.84. The lowest BCUT2D eigenvalue weighted by Gasteiger charge is -2.26. The van der Waals surface area contributed by atoms with Gasteiger partial charge in [-0.1, -0.05) is 5.16 Å². The molecule has 1 aliphatic heterocycles. The second kappa shape index (κ2) is 7.21. The maximum Gasteiger partial charge on any atom is 0.274 e. The van der Waals surface area contributed by atoms with Crippen molar-refractivity contribution in [2.24, 2.45) is 0 Å². The van der Waals surface area contributed by atoms with E-state index in [0.717, 1.165) is 61.7 Å². The lowest BCUT2D eigenvalue weighted by Crippen LogP contribution is -2.31. The van der Waals surface area contributed by atoms with Crippen molar-refractivity contribution < 1.29 is 9.32 Å². The number of hydrogen-bond acceptors (Lipinski definition) is 6. The summed E-state index contributed by atoms with van der Waals surface area (Å²) in [5.41, 5.74) is 2.21. The van der Waals surface area contributed by atoms with Crippen molar-refractivity contribution in [1.82, 2.24) is 20.4 Å². The van der Waals surface area contributed by atoms with Gasteiger partial charge >= 0.3 is 0 Å². The predicted molar refractivity (Wildman–Crippen MR) is 92.4 cm³/mol. The molecule has 1 fully saturated rings. The normalized spacial score (nSPS) is 17.2. The van der Waals surface area contributed by atoms with Crippen LogP contribution >= 0.6 is 0 Å². The molecule has 0 bridgehead atoms. The molecule has 7 heteroatoms. The van der Waals surface area contributed by atoms with Crippen LogP contribution in [0.25, 0.3) is 0 Å². The number of rotatable bonds is 4. The zero-order valence-electron chi connectivity index (χ0n) is 14.3. The molecule has 0 saturated carbocycles. The van der Waals surface area contributed by atoms with Crippen molar-refractivity contribution in [3.05, 3.63) is 35.0 Å². The SMILES string of the molecule is O=C(NCc1ccnc(N2CCCCC2)n1)c1noc2c1CCCC2. The molecule has 2 aromatic heterocycles. The average molecular weight is 341 g/mol. The van der Waals surface area contributed by atoms with Crippen molar-refractivity contribution in [3.8, 4) is 0 Å². The number of anilines is 1. The van der Waals surface area contributed by atoms with Crippen molar-refractivity contribution in [1.29, 1.82) is 0 Å². The summed E-state index contributed by atoms with van der Waals surface area (Å²) in [6.07, 6.45) is 9.33. The molecule has 2 aliphatic rings. The molecular formula is C18H23N5O2. The highest BCUT2D eigenvalue weighted by Gasteiger charge is 2.24. The largest absolute Gasteiger partial charge is 0.360 e. The molecule has 1 N–H and O–H groups in total. The minimum Gasteiger partial charge on any atom is -0.360 e. The molecule has 0 spiro atoms. The van der Waals surface area contributed by atoms with Crippen LogP contribution in [0.15, 0.2) is 16.8 Å². The van der Waals surface area contributed by atoms with Crippen LogP contribution in [0, 0.1) is 0 Å². The van der Waals surface area contributed by atoms with Crippen LogP contribution in [0.1, 0.15) is 59.6 Å². The first-order valence-electron chi connectivity index (χ1n) is 9.14. The molecule has 2 aromatic rings. The maximum absolute atomic E-state index is 12.5. The van der Waals surface area contributed by atoms with E-state index >= 15 is 0 Å². The second-order valence-corrected chi connectivity index (χ2v) is 6.72. The lowest BCUT2D eigenvalue weighted by molar-refractivity contribution is 0.0940. The van der Waals surface area contributed by atoms with Crippen LogP contribution in [0.5, 0.6) is 0 Å². The third kappa shape index (κ3) is 3.50. The summed E-state index contributed by atoms with van der Waals surface area (Å²) in [5.74, 6) is 1.43. The first-order chi connectivity index (χ1) is 12.3. The van der Waals surface area contributed by atoms with Gasteiger partial charge in [-0.25, -0.2) is 9.97 Å². The quantitative estimate of drug-likeness (QED) is 0.918. The van der Waals surface area contributed by atoms with Gasteiger partial charge in [-0.2, -0.15) is 0 Å². The number of aromatic nitrogens is 3. The minimum atomic E-state index is -0.190. The van der Waals surface area contributed by atoms with Gasteiger partial charge in [0.05, 0.1) is 12.2 Å². The van der Waals surface area contributed by atoms with Crippen molar-refractivity contribution in [3.63, 3.8) is 0 Å². The third-order valence-electron chi connectivity index (χ3n) is 4.93. The first-order valence-corrected chi connectivity index (χ1v) is 9.14. The van der Waals surface area contributed by atoms with E-state index in [1.807, 2.05) is 6.07 Å². The summed E-state index contributed by atoms with van der Waals surface area (Å²) in [4.78, 5) is 23.6. The van der Waals surface area contributed by atoms with Gasteiger partial charge in [-0.15, -0.1) is 0 Å². The summed E-state index contributed by atoms with van der Waals surface area (Å²) < 4.78 is 5.32. The fourth-order valence-corrected chi connectivity index (χ4v) is 3.55. The number of nitrogens with one attached hydrogen (secondary N) is 1. The van der Waals surface area contributed by atoms with Gasteiger partial charge in [0.1, 0.15) is 5.76 Å². The average Bonchev–Trinajstić information content (AvgIpc) is 3.11. The molecule has 4 rings (SSSR count). The number of carbonyl (C=O) groups excluding carboxylic acids is 1. The summed E-state index contributed by atoms with van der Waals surface area (Å²) >= 11 is 0. The van der Waals surface area contributed by atoms with E-state index in [-0.39, 0.29) is 5.91 Å². The first kappa shape index (κ1) is 16.1. The third-order valence-corrected chi connectivity index (χ3v) is 4.93. The van der Waals surface area contributed by atoms with E-state index in [1.54, 1.807) is 6.20 Å². The monoisotopic (exact) mass is 341 g/mol. The van der Waals surface area contributed by atoms with Gasteiger partial charge in [0.25, 0.3) is 5.91 Å². The molecular weight excluding hydrogens is 318 g/mol. The maximum atomic E-state index is 12.5. The van der Waals surface area contributed by atoms with E-state index in [2.05, 4.69) is 25.3 Å². The number of fused-ring (bicyclic) bond motifs is 1. The zero-order valence-corrected chi connectivity index (χ0v) is 14.3. The molecule has 25 heavy (non-hydrogen) atoms. The van der Waals surface area contributed by atoms with Gasteiger partial charge in [0.15, 0.2) is 5.69 Å². The highest BCUT2D eigenvalue weighted by Crippen LogP contribution is 2.24. The fourth-order valence-electron chi connectivity index (χ4n) is 3.55. The van der Waals surface area contributed by atoms with E-state index in [4.69, 9.17) is 4.52 Å². The van der Waals surface area contributed by atoms with Crippen molar-refractivity contribution in [2.75, 3.05) is 18.0 Å². The van der Waals surface area contributed by atoms with Crippen LogP contribution in [-0.2, 0) is 19.4 Å². The van der Waals surface area contributed by atoms with E-state index < -0.39 is 0 Å². The summed E-state index contributed by atoms with van der Waals surface area (Å²) in [7, 11) is 0. The Bertz CT molecular complexity index is 752. The standard InChI is InChI=1S/C18H23N5O2/c24-17(16-14-6-2-3-7-15(14)25-22-16)20-12-13-8-9-19-18(21-13)23-10-4-1-5-11-23/h8-9H,1-7,10-12H2,(H,20,24). The van der Waals surface area contributed by atoms with Crippen LogP contribution in [-0.4, -0.2) is 34.1 Å². The Labute approximate surface area is 146 Å². The smallest absolute Gasteiger partial charge is 0.274 e. The molecule has 7 nitrogen and oxygen atoms in total. The molecule has 0 radical (unpaired) electrons. The van der Waals surface area contributed by atoms with E-state index in [0.29, 0.717) is 12.2 Å². The Hall–Kier alpha value is -2.44. The molecule has 1 saturated heterocycles. The van der Waals surface area contributed by atoms with Crippen LogP contribution in [0.2, 0.25) is 0 Å². The highest BCUT2D eigenvalue weighted by molar-refractivity contribution is 5.93. The van der Waals surface area contributed by atoms with Crippen molar-refractivity contribution in [2.45, 2.75) is 51.5 Å². The number of piperidine rings is 1. The molecule has 0 unspecified atom stereocenters. The topological polar surface area (TPSA) is 84.2 Å². The minimum absolute atomic E-state index is 0.190. The van der Waals surface area contributed by atoms with Gasteiger partial charge < -0.3 is 14.7 Å². The number of carbonyl (C=O) groups is 1. The Morgan fingerprint density at radius 3 is 2.88 bits per heavy atom. The molecule has 3 heterocycles. The van der Waals surface area contributed by atoms with Gasteiger partial charge in [0.2, 0.25) is 5.95 Å². The van der Waals surface area contributed by atoms with Crippen LogP contribution in [0.4, 0.5) is 5.95 Å². The Kier molecular flexibility index (Phi) is 4.63. The Morgan fingerprint density at radius 1 is 1.16 bits per heavy atom. The predicted octanol–water partition coefficient (Wildman–Crippen LogP) is 2.26. The second-order valence-electron chi connectivity index (χ2n) is 6.72. The van der Waals surface area contributed by atoms with Crippen LogP contribution in [0.3, 0.4) is 0 Å². The lowest BCUT2D eigenvalue weighted by atomic mass is 9.96. The van der Waals surface area contributed by atoms with E-state index in [1.165, 1.54) is 19.3 Å². The Morgan fingerprint density at radius 2 is 2.00 bits per heavy atom. The number of amides is 1. The van der Waals surface area contributed by atoms with Crippen LogP contribution < -0.4 is 10.2 Å². The van der Waals surface area contributed by atoms with Gasteiger partial charge in [0, 0.05) is 31.3 Å². The van der Waals surface area contributed by atoms with E-state index in [9.17, 15) is 4.79 Å². The number of nitrogens with zero attached hydrogens (tertiary/aromatic N) is 4. The van der Waals surface area contributed by atoms with Gasteiger partial charge in [-0.3, -0.25) is 4.79 Å². The number of aryl methyl sites for hydroxylation is 1. The van der Waals surface area contributed by atoms with Gasteiger partial charge in [-0.05, 0) is 44.6 Å². The molecule has 132 valence electrons. The van der Waals surface area contributed by atoms with Crippen molar-refractivity contribution >= 4 is 11.9 Å². The highest BCUT2D eigenvalue weighted by atomic mass is 16.5. The molecule has 1 amide bonds. The fraction of sp³-hybridized carbons (Fsp3) is 0.556. The Balaban J connectivity index is 1.41.